The molecule has 0 radical (unpaired) electrons. The van der Waals surface area contributed by atoms with E-state index in [0.29, 0.717) is 18.9 Å². The van der Waals surface area contributed by atoms with Crippen LogP contribution in [0.15, 0.2) is 10.4 Å². The molecule has 1 atom stereocenters. The molecule has 0 fully saturated rings. The average Bonchev–Trinajstić information content (AvgIpc) is 2.89. The maximum Gasteiger partial charge on any atom is 0.191 e. The molecule has 0 spiro atoms. The van der Waals surface area contributed by atoms with Crippen molar-refractivity contribution in [3.8, 4) is 0 Å². The molecule has 1 heterocycles. The fourth-order valence-corrected chi connectivity index (χ4v) is 3.53. The van der Waals surface area contributed by atoms with Gasteiger partial charge in [0.05, 0.1) is 18.0 Å². The number of nitrogens with zero attached hydrogens (tertiary/aromatic N) is 2. The molecule has 0 aliphatic heterocycles. The smallest absolute Gasteiger partial charge is 0.191 e. The second-order valence-corrected chi connectivity index (χ2v) is 9.97. The van der Waals surface area contributed by atoms with E-state index < -0.39 is 9.84 Å². The van der Waals surface area contributed by atoms with Crippen molar-refractivity contribution >= 4 is 51.1 Å². The highest BCUT2D eigenvalue weighted by Crippen LogP contribution is 2.23. The fourth-order valence-electron chi connectivity index (χ4n) is 1.79. The number of hydrogen-bond acceptors (Lipinski definition) is 5. The Morgan fingerprint density at radius 1 is 1.42 bits per heavy atom. The van der Waals surface area contributed by atoms with E-state index in [4.69, 9.17) is 0 Å². The highest BCUT2D eigenvalue weighted by Gasteiger charge is 2.17. The first-order valence-electron chi connectivity index (χ1n) is 7.61. The van der Waals surface area contributed by atoms with Gasteiger partial charge in [0.1, 0.15) is 14.8 Å². The summed E-state index contributed by atoms with van der Waals surface area (Å²) in [6, 6.07) is 0.0253. The lowest BCUT2D eigenvalue weighted by atomic mass is 9.93. The van der Waals surface area contributed by atoms with Crippen LogP contribution in [0.3, 0.4) is 0 Å². The summed E-state index contributed by atoms with van der Waals surface area (Å²) in [6.45, 7) is 8.97. The summed E-state index contributed by atoms with van der Waals surface area (Å²) in [4.78, 5) is 8.79. The molecule has 1 rings (SSSR count). The highest BCUT2D eigenvalue weighted by atomic mass is 127. The molecule has 0 bridgehead atoms. The second-order valence-electron chi connectivity index (χ2n) is 6.77. The number of nitrogens with one attached hydrogen (secondary N) is 2. The van der Waals surface area contributed by atoms with Crippen molar-refractivity contribution in [1.82, 2.24) is 15.6 Å². The monoisotopic (exact) mass is 488 g/mol. The van der Waals surface area contributed by atoms with Gasteiger partial charge >= 0.3 is 0 Å². The molecule has 0 aliphatic carbocycles. The van der Waals surface area contributed by atoms with Crippen LogP contribution in [-0.2, 0) is 21.8 Å². The number of rotatable bonds is 6. The van der Waals surface area contributed by atoms with Crippen LogP contribution < -0.4 is 10.6 Å². The molecule has 0 saturated carbocycles. The SMILES string of the molecule is CN=C(NCc1nc(C(C)(C)C)cs1)NC(C)CCS(C)(=O)=O.I. The predicted octanol–water partition coefficient (Wildman–Crippen LogP) is 2.55. The normalized spacial score (nSPS) is 14.0. The number of aliphatic imine (C=N–C) groups is 1. The van der Waals surface area contributed by atoms with Gasteiger partial charge in [-0.25, -0.2) is 13.4 Å². The molecule has 1 aromatic rings. The lowest BCUT2D eigenvalue weighted by Crippen LogP contribution is -2.42. The van der Waals surface area contributed by atoms with Crippen molar-refractivity contribution in [2.24, 2.45) is 4.99 Å². The van der Waals surface area contributed by atoms with Crippen molar-refractivity contribution < 1.29 is 8.42 Å². The minimum Gasteiger partial charge on any atom is -0.354 e. The first kappa shape index (κ1) is 23.6. The number of sulfone groups is 1. The number of halogens is 1. The summed E-state index contributed by atoms with van der Waals surface area (Å²) in [7, 11) is -1.24. The van der Waals surface area contributed by atoms with Crippen LogP contribution in [0.2, 0.25) is 0 Å². The number of aromatic nitrogens is 1. The van der Waals surface area contributed by atoms with Crippen molar-refractivity contribution in [2.45, 2.75) is 52.1 Å². The minimum absolute atomic E-state index is 0. The van der Waals surface area contributed by atoms with Crippen molar-refractivity contribution in [1.29, 1.82) is 0 Å². The third kappa shape index (κ3) is 9.16. The zero-order chi connectivity index (χ0) is 17.7. The van der Waals surface area contributed by atoms with Crippen LogP contribution in [0, 0.1) is 0 Å². The van der Waals surface area contributed by atoms with E-state index in [0.717, 1.165) is 10.7 Å². The molecule has 24 heavy (non-hydrogen) atoms. The van der Waals surface area contributed by atoms with Crippen LogP contribution in [0.1, 0.15) is 44.8 Å². The van der Waals surface area contributed by atoms with Gasteiger partial charge in [0.25, 0.3) is 0 Å². The molecule has 0 saturated heterocycles. The molecule has 140 valence electrons. The van der Waals surface area contributed by atoms with E-state index >= 15 is 0 Å². The Balaban J connectivity index is 0.00000529. The quantitative estimate of drug-likeness (QED) is 0.366. The molecule has 0 aromatic carbocycles. The molecule has 0 aliphatic rings. The van der Waals surface area contributed by atoms with Gasteiger partial charge in [-0.2, -0.15) is 0 Å². The van der Waals surface area contributed by atoms with Crippen LogP contribution in [0.4, 0.5) is 0 Å². The van der Waals surface area contributed by atoms with Gasteiger partial charge in [-0.3, -0.25) is 4.99 Å². The molecular formula is C15H29IN4O2S2. The Morgan fingerprint density at radius 2 is 2.04 bits per heavy atom. The molecule has 6 nitrogen and oxygen atoms in total. The van der Waals surface area contributed by atoms with Gasteiger partial charge in [0.2, 0.25) is 0 Å². The van der Waals surface area contributed by atoms with E-state index in [9.17, 15) is 8.42 Å². The molecule has 9 heteroatoms. The summed E-state index contributed by atoms with van der Waals surface area (Å²) >= 11 is 1.63. The molecule has 1 unspecified atom stereocenters. The Bertz CT molecular complexity index is 636. The summed E-state index contributed by atoms with van der Waals surface area (Å²) in [6.07, 6.45) is 1.80. The predicted molar refractivity (Wildman–Crippen MR) is 113 cm³/mol. The highest BCUT2D eigenvalue weighted by molar-refractivity contribution is 14.0. The van der Waals surface area contributed by atoms with Crippen LogP contribution in [0.5, 0.6) is 0 Å². The number of hydrogen-bond donors (Lipinski definition) is 2. The van der Waals surface area contributed by atoms with Gasteiger partial charge in [0.15, 0.2) is 5.96 Å². The zero-order valence-corrected chi connectivity index (χ0v) is 19.2. The number of thiazole rings is 1. The standard InChI is InChI=1S/C15H28N4O2S2.HI/c1-11(7-8-23(6,20)21)18-14(16-5)17-9-13-19-12(10-22-13)15(2,3)4;/h10-11H,7-9H2,1-6H3,(H2,16,17,18);1H. The first-order valence-corrected chi connectivity index (χ1v) is 10.5. The maximum atomic E-state index is 11.2. The number of guanidine groups is 1. The van der Waals surface area contributed by atoms with Gasteiger partial charge in [-0.15, -0.1) is 35.3 Å². The molecule has 0 amide bonds. The van der Waals surface area contributed by atoms with Gasteiger partial charge in [-0.05, 0) is 13.3 Å². The largest absolute Gasteiger partial charge is 0.354 e. The summed E-state index contributed by atoms with van der Waals surface area (Å²) in [5.74, 6) is 0.818. The van der Waals surface area contributed by atoms with Gasteiger partial charge in [0, 0.05) is 30.1 Å². The Morgan fingerprint density at radius 3 is 2.50 bits per heavy atom. The molecule has 2 N–H and O–H groups in total. The van der Waals surface area contributed by atoms with E-state index in [2.05, 4.69) is 46.8 Å². The zero-order valence-electron chi connectivity index (χ0n) is 15.2. The summed E-state index contributed by atoms with van der Waals surface area (Å²) in [5.41, 5.74) is 1.14. The van der Waals surface area contributed by atoms with E-state index in [1.165, 1.54) is 6.26 Å². The second kappa shape index (κ2) is 9.91. The third-order valence-electron chi connectivity index (χ3n) is 3.26. The lowest BCUT2D eigenvalue weighted by Gasteiger charge is -2.17. The maximum absolute atomic E-state index is 11.2. The van der Waals surface area contributed by atoms with Crippen LogP contribution in [-0.4, -0.2) is 44.5 Å². The van der Waals surface area contributed by atoms with Gasteiger partial charge < -0.3 is 10.6 Å². The lowest BCUT2D eigenvalue weighted by molar-refractivity contribution is 0.569. The van der Waals surface area contributed by atoms with Gasteiger partial charge in [-0.1, -0.05) is 20.8 Å². The Kier molecular flexibility index (Phi) is 9.73. The fraction of sp³-hybridized carbons (Fsp3) is 0.733. The first-order chi connectivity index (χ1) is 10.5. The Labute approximate surface area is 166 Å². The summed E-state index contributed by atoms with van der Waals surface area (Å²) in [5, 5.41) is 9.50. The topological polar surface area (TPSA) is 83.4 Å². The van der Waals surface area contributed by atoms with Crippen molar-refractivity contribution in [2.75, 3.05) is 19.1 Å². The average molecular weight is 488 g/mol. The summed E-state index contributed by atoms with van der Waals surface area (Å²) < 4.78 is 22.4. The van der Waals surface area contributed by atoms with Crippen molar-refractivity contribution in [3.05, 3.63) is 16.1 Å². The van der Waals surface area contributed by atoms with Crippen molar-refractivity contribution in [3.63, 3.8) is 0 Å². The van der Waals surface area contributed by atoms with E-state index in [-0.39, 0.29) is 41.2 Å². The van der Waals surface area contributed by atoms with Crippen LogP contribution >= 0.6 is 35.3 Å². The van der Waals surface area contributed by atoms with Crippen LogP contribution in [0.25, 0.3) is 0 Å². The van der Waals surface area contributed by atoms with E-state index in [1.807, 2.05) is 6.92 Å². The van der Waals surface area contributed by atoms with E-state index in [1.54, 1.807) is 18.4 Å². The third-order valence-corrected chi connectivity index (χ3v) is 5.08. The Hall–Kier alpha value is -0.420. The molecule has 1 aromatic heterocycles. The minimum atomic E-state index is -2.94. The molecular weight excluding hydrogens is 459 g/mol.